The van der Waals surface area contributed by atoms with Crippen molar-refractivity contribution in [1.29, 1.82) is 0 Å². The van der Waals surface area contributed by atoms with Gasteiger partial charge in [0.05, 0.1) is 26.7 Å². The molecular weight excluding hydrogens is 430 g/mol. The van der Waals surface area contributed by atoms with Gasteiger partial charge in [-0.2, -0.15) is 0 Å². The monoisotopic (exact) mass is 459 g/mol. The van der Waals surface area contributed by atoms with Gasteiger partial charge in [0.2, 0.25) is 11.8 Å². The molecule has 1 heterocycles. The first kappa shape index (κ1) is 23.9. The number of hydrogen-bond acceptors (Lipinski definition) is 5. The largest absolute Gasteiger partial charge is 0.497 e. The van der Waals surface area contributed by atoms with Gasteiger partial charge >= 0.3 is 0 Å². The SMILES string of the molecule is COc1ccc(OC)c(CN2CCN(C(=O)CC(NC(C)=O)c3ccc(Cl)cc3)CC2)c1. The van der Waals surface area contributed by atoms with Gasteiger partial charge in [-0.25, -0.2) is 0 Å². The van der Waals surface area contributed by atoms with E-state index in [0.717, 1.165) is 42.3 Å². The molecule has 1 saturated heterocycles. The van der Waals surface area contributed by atoms with Crippen molar-refractivity contribution in [1.82, 2.24) is 15.1 Å². The molecule has 1 aliphatic rings. The number of hydrogen-bond donors (Lipinski definition) is 1. The Kier molecular flexibility index (Phi) is 8.36. The number of ether oxygens (including phenoxy) is 2. The number of methoxy groups -OCH3 is 2. The molecule has 0 bridgehead atoms. The number of rotatable bonds is 8. The van der Waals surface area contributed by atoms with E-state index in [0.29, 0.717) is 18.1 Å². The lowest BCUT2D eigenvalue weighted by molar-refractivity contribution is -0.133. The third kappa shape index (κ3) is 6.37. The van der Waals surface area contributed by atoms with Crippen LogP contribution in [0.25, 0.3) is 0 Å². The Labute approximate surface area is 194 Å². The molecule has 32 heavy (non-hydrogen) atoms. The van der Waals surface area contributed by atoms with Crippen molar-refractivity contribution in [2.24, 2.45) is 0 Å². The molecule has 1 N–H and O–H groups in total. The molecule has 2 amide bonds. The zero-order valence-electron chi connectivity index (χ0n) is 18.8. The van der Waals surface area contributed by atoms with E-state index in [1.54, 1.807) is 26.4 Å². The Hall–Kier alpha value is -2.77. The lowest BCUT2D eigenvalue weighted by Gasteiger charge is -2.35. The zero-order valence-corrected chi connectivity index (χ0v) is 19.5. The Morgan fingerprint density at radius 3 is 2.31 bits per heavy atom. The first-order valence-electron chi connectivity index (χ1n) is 10.6. The fraction of sp³-hybridized carbons (Fsp3) is 0.417. The number of nitrogens with one attached hydrogen (secondary N) is 1. The summed E-state index contributed by atoms with van der Waals surface area (Å²) in [6.07, 6.45) is 0.213. The molecule has 2 aromatic carbocycles. The molecule has 7 nitrogen and oxygen atoms in total. The van der Waals surface area contributed by atoms with Gasteiger partial charge in [0.15, 0.2) is 0 Å². The van der Waals surface area contributed by atoms with Gasteiger partial charge in [0.25, 0.3) is 0 Å². The van der Waals surface area contributed by atoms with Crippen LogP contribution in [0.5, 0.6) is 11.5 Å². The first-order chi connectivity index (χ1) is 15.4. The average Bonchev–Trinajstić information content (AvgIpc) is 2.79. The summed E-state index contributed by atoms with van der Waals surface area (Å²) < 4.78 is 10.8. The highest BCUT2D eigenvalue weighted by Gasteiger charge is 2.25. The van der Waals surface area contributed by atoms with Crippen LogP contribution in [-0.2, 0) is 16.1 Å². The molecule has 1 fully saturated rings. The molecule has 0 saturated carbocycles. The number of piperazine rings is 1. The van der Waals surface area contributed by atoms with Crippen molar-refractivity contribution in [3.8, 4) is 11.5 Å². The molecule has 1 aliphatic heterocycles. The number of halogens is 1. The van der Waals surface area contributed by atoms with Crippen LogP contribution < -0.4 is 14.8 Å². The maximum atomic E-state index is 13.0. The number of nitrogens with zero attached hydrogens (tertiary/aromatic N) is 2. The summed E-state index contributed by atoms with van der Waals surface area (Å²) in [5, 5.41) is 3.50. The minimum atomic E-state index is -0.378. The summed E-state index contributed by atoms with van der Waals surface area (Å²) in [6, 6.07) is 12.6. The third-order valence-electron chi connectivity index (χ3n) is 5.64. The predicted octanol–water partition coefficient (Wildman–Crippen LogP) is 3.27. The third-order valence-corrected chi connectivity index (χ3v) is 5.89. The molecule has 172 valence electrons. The topological polar surface area (TPSA) is 71.1 Å². The molecule has 1 unspecified atom stereocenters. The van der Waals surface area contributed by atoms with Gasteiger partial charge in [0, 0.05) is 50.2 Å². The van der Waals surface area contributed by atoms with E-state index in [1.807, 2.05) is 35.2 Å². The van der Waals surface area contributed by atoms with Crippen LogP contribution in [0.2, 0.25) is 5.02 Å². The second kappa shape index (κ2) is 11.2. The van der Waals surface area contributed by atoms with Gasteiger partial charge in [-0.1, -0.05) is 23.7 Å². The van der Waals surface area contributed by atoms with Gasteiger partial charge in [0.1, 0.15) is 11.5 Å². The van der Waals surface area contributed by atoms with Crippen molar-refractivity contribution in [3.63, 3.8) is 0 Å². The van der Waals surface area contributed by atoms with E-state index in [-0.39, 0.29) is 24.3 Å². The van der Waals surface area contributed by atoms with Crippen LogP contribution in [0.15, 0.2) is 42.5 Å². The summed E-state index contributed by atoms with van der Waals surface area (Å²) in [7, 11) is 3.31. The van der Waals surface area contributed by atoms with Crippen LogP contribution in [-0.4, -0.2) is 62.0 Å². The quantitative estimate of drug-likeness (QED) is 0.656. The van der Waals surface area contributed by atoms with Crippen LogP contribution in [0.4, 0.5) is 0 Å². The molecule has 0 aromatic heterocycles. The summed E-state index contributed by atoms with van der Waals surface area (Å²) in [5.74, 6) is 1.47. The smallest absolute Gasteiger partial charge is 0.225 e. The van der Waals surface area contributed by atoms with E-state index >= 15 is 0 Å². The Morgan fingerprint density at radius 1 is 1.03 bits per heavy atom. The van der Waals surface area contributed by atoms with Crippen LogP contribution in [0, 0.1) is 0 Å². The second-order valence-electron chi connectivity index (χ2n) is 7.84. The fourth-order valence-electron chi connectivity index (χ4n) is 3.90. The van der Waals surface area contributed by atoms with Gasteiger partial charge in [-0.05, 0) is 35.9 Å². The summed E-state index contributed by atoms with van der Waals surface area (Å²) in [5.41, 5.74) is 1.92. The Bertz CT molecular complexity index is 927. The predicted molar refractivity (Wildman–Crippen MR) is 124 cm³/mol. The molecule has 8 heteroatoms. The fourth-order valence-corrected chi connectivity index (χ4v) is 4.02. The molecule has 3 rings (SSSR count). The van der Waals surface area contributed by atoms with Crippen molar-refractivity contribution in [2.75, 3.05) is 40.4 Å². The molecule has 1 atom stereocenters. The molecule has 0 spiro atoms. The second-order valence-corrected chi connectivity index (χ2v) is 8.28. The first-order valence-corrected chi connectivity index (χ1v) is 11.0. The Balaban J connectivity index is 1.58. The summed E-state index contributed by atoms with van der Waals surface area (Å²) >= 11 is 5.98. The van der Waals surface area contributed by atoms with E-state index in [9.17, 15) is 9.59 Å². The number of benzene rings is 2. The number of amides is 2. The van der Waals surface area contributed by atoms with Crippen molar-refractivity contribution < 1.29 is 19.1 Å². The van der Waals surface area contributed by atoms with E-state index < -0.39 is 0 Å². The van der Waals surface area contributed by atoms with Crippen LogP contribution in [0.1, 0.15) is 30.5 Å². The lowest BCUT2D eigenvalue weighted by Crippen LogP contribution is -2.49. The highest BCUT2D eigenvalue weighted by Crippen LogP contribution is 2.26. The van der Waals surface area contributed by atoms with Crippen LogP contribution >= 0.6 is 11.6 Å². The highest BCUT2D eigenvalue weighted by atomic mass is 35.5. The van der Waals surface area contributed by atoms with E-state index in [4.69, 9.17) is 21.1 Å². The molecule has 2 aromatic rings. The van der Waals surface area contributed by atoms with Crippen molar-refractivity contribution in [3.05, 3.63) is 58.6 Å². The van der Waals surface area contributed by atoms with Crippen molar-refractivity contribution in [2.45, 2.75) is 25.9 Å². The average molecular weight is 460 g/mol. The number of carbonyl (C=O) groups excluding carboxylic acids is 2. The lowest BCUT2D eigenvalue weighted by atomic mass is 10.0. The van der Waals surface area contributed by atoms with Gasteiger partial charge in [-0.3, -0.25) is 14.5 Å². The van der Waals surface area contributed by atoms with E-state index in [2.05, 4.69) is 10.2 Å². The maximum absolute atomic E-state index is 13.0. The Morgan fingerprint density at radius 2 is 1.72 bits per heavy atom. The summed E-state index contributed by atoms with van der Waals surface area (Å²) in [4.78, 5) is 28.8. The maximum Gasteiger partial charge on any atom is 0.225 e. The van der Waals surface area contributed by atoms with Gasteiger partial charge < -0.3 is 19.7 Å². The van der Waals surface area contributed by atoms with Crippen LogP contribution in [0.3, 0.4) is 0 Å². The highest BCUT2D eigenvalue weighted by molar-refractivity contribution is 6.30. The van der Waals surface area contributed by atoms with E-state index in [1.165, 1.54) is 6.92 Å². The minimum Gasteiger partial charge on any atom is -0.497 e. The van der Waals surface area contributed by atoms with Crippen molar-refractivity contribution >= 4 is 23.4 Å². The molecule has 0 aliphatic carbocycles. The zero-order chi connectivity index (χ0) is 23.1. The molecular formula is C24H30ClN3O4. The minimum absolute atomic E-state index is 0.0253. The number of carbonyl (C=O) groups is 2. The summed E-state index contributed by atoms with van der Waals surface area (Å²) in [6.45, 7) is 4.98. The normalized spacial score (nSPS) is 15.2. The molecule has 0 radical (unpaired) electrons. The van der Waals surface area contributed by atoms with Gasteiger partial charge in [-0.15, -0.1) is 0 Å². The standard InChI is InChI=1S/C24H30ClN3O4/c1-17(29)26-22(18-4-6-20(25)7-5-18)15-24(30)28-12-10-27(11-13-28)16-19-14-21(31-2)8-9-23(19)32-3/h4-9,14,22H,10-13,15-16H2,1-3H3,(H,26,29).